The quantitative estimate of drug-likeness (QED) is 0.790. The predicted octanol–water partition coefficient (Wildman–Crippen LogP) is 1.68. The van der Waals surface area contributed by atoms with E-state index >= 15 is 0 Å². The molecule has 1 saturated heterocycles. The SMILES string of the molecule is FC1CCN(c2ccc3ncc(CNc4cncnc4)n3n2)C1. The Bertz CT molecular complexity index is 804. The maximum Gasteiger partial charge on any atom is 0.154 e. The lowest BCUT2D eigenvalue weighted by molar-refractivity contribution is 0.364. The van der Waals surface area contributed by atoms with Gasteiger partial charge in [-0.25, -0.2) is 23.9 Å². The molecule has 0 aliphatic carbocycles. The normalized spacial score (nSPS) is 17.8. The summed E-state index contributed by atoms with van der Waals surface area (Å²) in [5, 5.41) is 7.84. The van der Waals surface area contributed by atoms with Gasteiger partial charge in [-0.2, -0.15) is 0 Å². The highest BCUT2D eigenvalue weighted by molar-refractivity contribution is 5.48. The first-order chi connectivity index (χ1) is 11.3. The third-order valence-corrected chi connectivity index (χ3v) is 3.91. The van der Waals surface area contributed by atoms with Crippen LogP contribution in [0.25, 0.3) is 5.65 Å². The molecule has 1 fully saturated rings. The maximum absolute atomic E-state index is 13.4. The zero-order valence-electron chi connectivity index (χ0n) is 12.4. The molecule has 0 amide bonds. The van der Waals surface area contributed by atoms with Crippen LogP contribution in [-0.2, 0) is 6.54 Å². The zero-order chi connectivity index (χ0) is 15.6. The highest BCUT2D eigenvalue weighted by Crippen LogP contribution is 2.20. The van der Waals surface area contributed by atoms with Crippen LogP contribution in [0.1, 0.15) is 12.1 Å². The summed E-state index contributed by atoms with van der Waals surface area (Å²) >= 11 is 0. The number of alkyl halides is 1. The summed E-state index contributed by atoms with van der Waals surface area (Å²) in [7, 11) is 0. The maximum atomic E-state index is 13.4. The smallest absolute Gasteiger partial charge is 0.154 e. The van der Waals surface area contributed by atoms with Crippen molar-refractivity contribution in [2.75, 3.05) is 23.3 Å². The molecule has 0 radical (unpaired) electrons. The van der Waals surface area contributed by atoms with Crippen molar-refractivity contribution in [1.29, 1.82) is 0 Å². The number of anilines is 2. The van der Waals surface area contributed by atoms with Crippen LogP contribution in [0.2, 0.25) is 0 Å². The molecule has 7 nitrogen and oxygen atoms in total. The molecule has 0 saturated carbocycles. The van der Waals surface area contributed by atoms with E-state index in [9.17, 15) is 4.39 Å². The van der Waals surface area contributed by atoms with Crippen molar-refractivity contribution in [3.63, 3.8) is 0 Å². The molecule has 3 aromatic rings. The van der Waals surface area contributed by atoms with Crippen LogP contribution >= 0.6 is 0 Å². The van der Waals surface area contributed by atoms with Crippen LogP contribution in [0.5, 0.6) is 0 Å². The largest absolute Gasteiger partial charge is 0.377 e. The van der Waals surface area contributed by atoms with Gasteiger partial charge in [0.1, 0.15) is 18.3 Å². The molecule has 0 spiro atoms. The summed E-state index contributed by atoms with van der Waals surface area (Å²) in [5.74, 6) is 0.778. The number of fused-ring (bicyclic) bond motifs is 1. The molecule has 1 unspecified atom stereocenters. The number of nitrogens with zero attached hydrogens (tertiary/aromatic N) is 6. The Morgan fingerprint density at radius 1 is 1.22 bits per heavy atom. The van der Waals surface area contributed by atoms with Gasteiger partial charge in [0.15, 0.2) is 5.65 Å². The number of rotatable bonds is 4. The van der Waals surface area contributed by atoms with Crippen molar-refractivity contribution in [2.24, 2.45) is 0 Å². The molecule has 4 rings (SSSR count). The minimum Gasteiger partial charge on any atom is -0.377 e. The van der Waals surface area contributed by atoms with E-state index in [0.717, 1.165) is 22.8 Å². The van der Waals surface area contributed by atoms with Crippen molar-refractivity contribution in [3.05, 3.63) is 42.7 Å². The molecule has 4 heterocycles. The molecule has 1 aliphatic rings. The average Bonchev–Trinajstić information content (AvgIpc) is 3.19. The first kappa shape index (κ1) is 13.9. The molecular weight excluding hydrogens is 297 g/mol. The van der Waals surface area contributed by atoms with Crippen molar-refractivity contribution in [1.82, 2.24) is 24.6 Å². The van der Waals surface area contributed by atoms with Gasteiger partial charge in [-0.3, -0.25) is 0 Å². The summed E-state index contributed by atoms with van der Waals surface area (Å²) in [6, 6.07) is 3.80. The highest BCUT2D eigenvalue weighted by Gasteiger charge is 2.23. The monoisotopic (exact) mass is 313 g/mol. The van der Waals surface area contributed by atoms with E-state index < -0.39 is 6.17 Å². The number of halogens is 1. The molecule has 1 aliphatic heterocycles. The van der Waals surface area contributed by atoms with Gasteiger partial charge < -0.3 is 10.2 Å². The van der Waals surface area contributed by atoms with Gasteiger partial charge in [-0.05, 0) is 18.6 Å². The summed E-state index contributed by atoms with van der Waals surface area (Å²) in [4.78, 5) is 14.2. The second-order valence-corrected chi connectivity index (χ2v) is 5.52. The van der Waals surface area contributed by atoms with Crippen molar-refractivity contribution in [3.8, 4) is 0 Å². The Morgan fingerprint density at radius 2 is 2.09 bits per heavy atom. The van der Waals surface area contributed by atoms with E-state index in [1.807, 2.05) is 17.0 Å². The fourth-order valence-electron chi connectivity index (χ4n) is 2.71. The molecule has 23 heavy (non-hydrogen) atoms. The van der Waals surface area contributed by atoms with E-state index in [4.69, 9.17) is 0 Å². The standard InChI is InChI=1S/C15H16FN7/c16-11-3-4-22(9-11)15-2-1-14-20-8-13(23(14)21-15)7-19-12-5-17-10-18-6-12/h1-2,5-6,8,10-11,19H,3-4,7,9H2. The zero-order valence-corrected chi connectivity index (χ0v) is 12.4. The van der Waals surface area contributed by atoms with E-state index in [0.29, 0.717) is 26.1 Å². The molecule has 0 aromatic carbocycles. The van der Waals surface area contributed by atoms with Gasteiger partial charge in [-0.15, -0.1) is 5.10 Å². The molecule has 0 bridgehead atoms. The second-order valence-electron chi connectivity index (χ2n) is 5.52. The number of nitrogens with one attached hydrogen (secondary N) is 1. The average molecular weight is 313 g/mol. The Morgan fingerprint density at radius 3 is 2.87 bits per heavy atom. The van der Waals surface area contributed by atoms with Crippen LogP contribution in [-0.4, -0.2) is 43.8 Å². The fourth-order valence-corrected chi connectivity index (χ4v) is 2.71. The van der Waals surface area contributed by atoms with Crippen LogP contribution in [0, 0.1) is 0 Å². The first-order valence-corrected chi connectivity index (χ1v) is 7.51. The Kier molecular flexibility index (Phi) is 3.49. The fraction of sp³-hybridized carbons (Fsp3) is 0.333. The first-order valence-electron chi connectivity index (χ1n) is 7.51. The molecule has 1 N–H and O–H groups in total. The summed E-state index contributed by atoms with van der Waals surface area (Å²) in [5.41, 5.74) is 2.52. The molecule has 118 valence electrons. The van der Waals surface area contributed by atoms with E-state index in [2.05, 4.69) is 25.4 Å². The minimum absolute atomic E-state index is 0.405. The second kappa shape index (κ2) is 5.79. The van der Waals surface area contributed by atoms with E-state index in [1.165, 1.54) is 6.33 Å². The number of aromatic nitrogens is 5. The third kappa shape index (κ3) is 2.79. The number of hydrogen-bond acceptors (Lipinski definition) is 6. The lowest BCUT2D eigenvalue weighted by Crippen LogP contribution is -2.22. The lowest BCUT2D eigenvalue weighted by atomic mass is 10.3. The van der Waals surface area contributed by atoms with Gasteiger partial charge in [0.2, 0.25) is 0 Å². The molecule has 1 atom stereocenters. The van der Waals surface area contributed by atoms with Gasteiger partial charge in [0.25, 0.3) is 0 Å². The highest BCUT2D eigenvalue weighted by atomic mass is 19.1. The summed E-state index contributed by atoms with van der Waals surface area (Å²) in [6.07, 6.45) is 6.48. The predicted molar refractivity (Wildman–Crippen MR) is 84.1 cm³/mol. The number of imidazole rings is 1. The lowest BCUT2D eigenvalue weighted by Gasteiger charge is -2.16. The Hall–Kier alpha value is -2.77. The van der Waals surface area contributed by atoms with Gasteiger partial charge in [0.05, 0.1) is 43.1 Å². The van der Waals surface area contributed by atoms with Crippen LogP contribution in [0.15, 0.2) is 37.1 Å². The van der Waals surface area contributed by atoms with Gasteiger partial charge in [-0.1, -0.05) is 0 Å². The van der Waals surface area contributed by atoms with E-state index in [-0.39, 0.29) is 0 Å². The minimum atomic E-state index is -0.769. The van der Waals surface area contributed by atoms with Crippen molar-refractivity contribution < 1.29 is 4.39 Å². The van der Waals surface area contributed by atoms with E-state index in [1.54, 1.807) is 23.1 Å². The van der Waals surface area contributed by atoms with Crippen LogP contribution in [0.3, 0.4) is 0 Å². The summed E-state index contributed by atoms with van der Waals surface area (Å²) < 4.78 is 15.2. The third-order valence-electron chi connectivity index (χ3n) is 3.91. The van der Waals surface area contributed by atoms with Crippen LogP contribution < -0.4 is 10.2 Å². The molecule has 8 heteroatoms. The Balaban J connectivity index is 1.57. The molecular formula is C15H16FN7. The number of hydrogen-bond donors (Lipinski definition) is 1. The summed E-state index contributed by atoms with van der Waals surface area (Å²) in [6.45, 7) is 1.65. The van der Waals surface area contributed by atoms with Crippen molar-refractivity contribution >= 4 is 17.2 Å². The topological polar surface area (TPSA) is 71.2 Å². The van der Waals surface area contributed by atoms with Crippen molar-refractivity contribution in [2.45, 2.75) is 19.1 Å². The Labute approximate surface area is 132 Å². The van der Waals surface area contributed by atoms with Gasteiger partial charge >= 0.3 is 0 Å². The van der Waals surface area contributed by atoms with Gasteiger partial charge in [0, 0.05) is 6.54 Å². The van der Waals surface area contributed by atoms with Crippen LogP contribution in [0.4, 0.5) is 15.9 Å². The molecule has 3 aromatic heterocycles.